The van der Waals surface area contributed by atoms with E-state index < -0.39 is 0 Å². The molecule has 0 saturated carbocycles. The van der Waals surface area contributed by atoms with Crippen LogP contribution in [0.25, 0.3) is 0 Å². The lowest BCUT2D eigenvalue weighted by Crippen LogP contribution is -2.25. The Morgan fingerprint density at radius 2 is 2.00 bits per heavy atom. The minimum absolute atomic E-state index is 0.965. The van der Waals surface area contributed by atoms with Crippen molar-refractivity contribution >= 4 is 6.72 Å². The molecule has 0 N–H and O–H groups in total. The molecule has 0 heterocycles. The van der Waals surface area contributed by atoms with Crippen molar-refractivity contribution in [3.63, 3.8) is 0 Å². The number of hydrogen-bond acceptors (Lipinski definition) is 1. The highest BCUT2D eigenvalue weighted by atomic mass is 15.5. The predicted molar refractivity (Wildman–Crippen MR) is 31.6 cm³/mol. The normalized spacial score (nSPS) is 8.43. The Morgan fingerprint density at radius 1 is 1.57 bits per heavy atom. The van der Waals surface area contributed by atoms with Gasteiger partial charge >= 0.3 is 0 Å². The van der Waals surface area contributed by atoms with Crippen LogP contribution < -0.4 is 0 Å². The molecule has 0 aromatic rings. The summed E-state index contributed by atoms with van der Waals surface area (Å²) in [6.45, 7) is 6.74. The summed E-state index contributed by atoms with van der Waals surface area (Å²) in [7, 11) is 3.94. The van der Waals surface area contributed by atoms with Gasteiger partial charge < -0.3 is 0 Å². The Bertz CT molecular complexity index is 66.5. The van der Waals surface area contributed by atoms with Crippen molar-refractivity contribution in [3.05, 3.63) is 0 Å². The number of rotatable bonds is 2. The molecule has 42 valence electrons. The molecule has 0 saturated heterocycles. The van der Waals surface area contributed by atoms with Gasteiger partial charge in [0.05, 0.1) is 14.1 Å². The fourth-order valence-corrected chi connectivity index (χ4v) is 0.283. The zero-order chi connectivity index (χ0) is 5.86. The van der Waals surface area contributed by atoms with Gasteiger partial charge in [0.2, 0.25) is 0 Å². The average Bonchev–Trinajstić information content (AvgIpc) is 1.65. The number of hydrazine groups is 1. The predicted octanol–water partition coefficient (Wildman–Crippen LogP) is 0.196. The first kappa shape index (κ1) is 6.47. The van der Waals surface area contributed by atoms with E-state index in [2.05, 4.69) is 13.6 Å². The fraction of sp³-hybridized carbons (Fsp3) is 0.800. The smallest absolute Gasteiger partial charge is 0.168 e. The lowest BCUT2D eigenvalue weighted by molar-refractivity contribution is -0.669. The maximum Gasteiger partial charge on any atom is 0.168 e. The van der Waals surface area contributed by atoms with Crippen molar-refractivity contribution < 1.29 is 4.68 Å². The van der Waals surface area contributed by atoms with Crippen LogP contribution in [0, 0.1) is 0 Å². The lowest BCUT2D eigenvalue weighted by Gasteiger charge is -2.04. The second-order valence-corrected chi connectivity index (χ2v) is 1.67. The highest BCUT2D eigenvalue weighted by Crippen LogP contribution is 1.71. The summed E-state index contributed by atoms with van der Waals surface area (Å²) in [5.41, 5.74) is 0. The zero-order valence-corrected chi connectivity index (χ0v) is 5.31. The van der Waals surface area contributed by atoms with E-state index in [1.54, 1.807) is 0 Å². The zero-order valence-electron chi connectivity index (χ0n) is 5.31. The minimum Gasteiger partial charge on any atom is -0.193 e. The van der Waals surface area contributed by atoms with Crippen LogP contribution in [-0.2, 0) is 0 Å². The third-order valence-corrected chi connectivity index (χ3v) is 0.931. The summed E-state index contributed by atoms with van der Waals surface area (Å²) in [6.07, 6.45) is 0. The van der Waals surface area contributed by atoms with Crippen molar-refractivity contribution in [2.45, 2.75) is 6.92 Å². The summed E-state index contributed by atoms with van der Waals surface area (Å²) < 4.78 is 1.88. The summed E-state index contributed by atoms with van der Waals surface area (Å²) >= 11 is 0. The van der Waals surface area contributed by atoms with Gasteiger partial charge in [0.25, 0.3) is 0 Å². The Kier molecular flexibility index (Phi) is 2.41. The third-order valence-electron chi connectivity index (χ3n) is 0.931. The van der Waals surface area contributed by atoms with Crippen LogP contribution in [0.5, 0.6) is 0 Å². The van der Waals surface area contributed by atoms with E-state index in [4.69, 9.17) is 0 Å². The van der Waals surface area contributed by atoms with Crippen molar-refractivity contribution in [2.75, 3.05) is 20.6 Å². The molecule has 2 heteroatoms. The van der Waals surface area contributed by atoms with Gasteiger partial charge in [-0.15, -0.1) is 4.68 Å². The highest BCUT2D eigenvalue weighted by Gasteiger charge is 1.93. The van der Waals surface area contributed by atoms with Crippen LogP contribution in [0.1, 0.15) is 6.92 Å². The molecule has 0 bridgehead atoms. The average molecular weight is 101 g/mol. The Balaban J connectivity index is 3.35. The Hall–Kier alpha value is -0.530. The maximum absolute atomic E-state index is 3.72. The molecule has 0 aromatic carbocycles. The van der Waals surface area contributed by atoms with Crippen LogP contribution in [0.3, 0.4) is 0 Å². The first-order valence-corrected chi connectivity index (χ1v) is 2.43. The number of hydrogen-bond donors (Lipinski definition) is 0. The van der Waals surface area contributed by atoms with E-state index in [9.17, 15) is 0 Å². The van der Waals surface area contributed by atoms with Gasteiger partial charge in [-0.05, 0) is 6.92 Å². The van der Waals surface area contributed by atoms with E-state index in [1.165, 1.54) is 0 Å². The van der Waals surface area contributed by atoms with Gasteiger partial charge in [0, 0.05) is 0 Å². The van der Waals surface area contributed by atoms with Crippen molar-refractivity contribution in [1.29, 1.82) is 0 Å². The van der Waals surface area contributed by atoms with E-state index in [-0.39, 0.29) is 0 Å². The van der Waals surface area contributed by atoms with Crippen LogP contribution in [0.2, 0.25) is 0 Å². The monoisotopic (exact) mass is 101 g/mol. The van der Waals surface area contributed by atoms with Crippen molar-refractivity contribution in [1.82, 2.24) is 5.01 Å². The van der Waals surface area contributed by atoms with E-state index >= 15 is 0 Å². The maximum atomic E-state index is 3.72. The summed E-state index contributed by atoms with van der Waals surface area (Å²) in [4.78, 5) is 0. The number of nitrogens with zero attached hydrogens (tertiary/aromatic N) is 2. The second kappa shape index (κ2) is 2.61. The molecule has 2 nitrogen and oxygen atoms in total. The quantitative estimate of drug-likeness (QED) is 0.273. The van der Waals surface area contributed by atoms with Crippen molar-refractivity contribution in [3.8, 4) is 0 Å². The summed E-state index contributed by atoms with van der Waals surface area (Å²) in [5, 5.41) is 1.94. The third kappa shape index (κ3) is 2.20. The molecule has 0 aliphatic carbocycles. The van der Waals surface area contributed by atoms with Crippen LogP contribution in [0.4, 0.5) is 0 Å². The minimum atomic E-state index is 0.965. The molecule has 0 atom stereocenters. The molecule has 0 amide bonds. The molecule has 0 aliphatic heterocycles. The van der Waals surface area contributed by atoms with E-state index in [0.717, 1.165) is 6.54 Å². The standard InChI is InChI=1S/C5H13N2/c1-5-7(4)6(2)3/h4-5H2,1-3H3/q+1. The Morgan fingerprint density at radius 3 is 2.00 bits per heavy atom. The molecule has 0 unspecified atom stereocenters. The molecule has 0 radical (unpaired) electrons. The first-order chi connectivity index (χ1) is 3.18. The molecule has 0 aromatic heterocycles. The molecule has 0 rings (SSSR count). The second-order valence-electron chi connectivity index (χ2n) is 1.67. The van der Waals surface area contributed by atoms with E-state index in [1.807, 2.05) is 23.8 Å². The van der Waals surface area contributed by atoms with Crippen LogP contribution in [-0.4, -0.2) is 37.1 Å². The SMILES string of the molecule is C=[N+](CC)N(C)C. The molecular formula is C5H13N2+. The Labute approximate surface area is 45.0 Å². The van der Waals surface area contributed by atoms with E-state index in [0.29, 0.717) is 0 Å². The first-order valence-electron chi connectivity index (χ1n) is 2.43. The molecular weight excluding hydrogens is 88.1 g/mol. The summed E-state index contributed by atoms with van der Waals surface area (Å²) in [5.74, 6) is 0. The summed E-state index contributed by atoms with van der Waals surface area (Å²) in [6, 6.07) is 0. The van der Waals surface area contributed by atoms with Crippen LogP contribution in [0.15, 0.2) is 0 Å². The van der Waals surface area contributed by atoms with Crippen LogP contribution >= 0.6 is 0 Å². The fourth-order valence-electron chi connectivity index (χ4n) is 0.283. The molecule has 0 fully saturated rings. The van der Waals surface area contributed by atoms with Gasteiger partial charge in [-0.1, -0.05) is 0 Å². The van der Waals surface area contributed by atoms with Gasteiger partial charge in [0.15, 0.2) is 13.3 Å². The van der Waals surface area contributed by atoms with Gasteiger partial charge in [0.1, 0.15) is 0 Å². The molecule has 0 spiro atoms. The van der Waals surface area contributed by atoms with Gasteiger partial charge in [-0.2, -0.15) is 5.01 Å². The molecule has 7 heavy (non-hydrogen) atoms. The van der Waals surface area contributed by atoms with Gasteiger partial charge in [-0.3, -0.25) is 0 Å². The van der Waals surface area contributed by atoms with Gasteiger partial charge in [-0.25, -0.2) is 0 Å². The highest BCUT2D eigenvalue weighted by molar-refractivity contribution is 5.13. The largest absolute Gasteiger partial charge is 0.193 e. The number of hydrazone groups is 1. The molecule has 0 aliphatic rings. The van der Waals surface area contributed by atoms with Crippen molar-refractivity contribution in [2.24, 2.45) is 0 Å². The lowest BCUT2D eigenvalue weighted by atomic mass is 10.8. The topological polar surface area (TPSA) is 6.25 Å².